The summed E-state index contributed by atoms with van der Waals surface area (Å²) >= 11 is 0. The maximum Gasteiger partial charge on any atom is 0.410 e. The van der Waals surface area contributed by atoms with Crippen LogP contribution >= 0.6 is 0 Å². The van der Waals surface area contributed by atoms with E-state index in [1.54, 1.807) is 22.0 Å². The highest BCUT2D eigenvalue weighted by Crippen LogP contribution is 2.26. The van der Waals surface area contributed by atoms with Crippen LogP contribution in [-0.2, 0) is 11.8 Å². The molecule has 1 saturated heterocycles. The van der Waals surface area contributed by atoms with Crippen LogP contribution in [0.1, 0.15) is 18.6 Å². The van der Waals surface area contributed by atoms with Crippen molar-refractivity contribution in [3.05, 3.63) is 67.0 Å². The summed E-state index contributed by atoms with van der Waals surface area (Å²) in [5.74, 6) is 0. The normalized spacial score (nSPS) is 15.2. The molecule has 1 atom stereocenters. The van der Waals surface area contributed by atoms with E-state index in [4.69, 9.17) is 4.74 Å². The van der Waals surface area contributed by atoms with Crippen molar-refractivity contribution in [1.82, 2.24) is 29.3 Å². The summed E-state index contributed by atoms with van der Waals surface area (Å²) in [7, 11) is 1.91. The molecule has 0 N–H and O–H groups in total. The summed E-state index contributed by atoms with van der Waals surface area (Å²) in [6.45, 7) is 4.54. The molecule has 0 radical (unpaired) electrons. The van der Waals surface area contributed by atoms with Gasteiger partial charge in [-0.05, 0) is 30.7 Å². The predicted octanol–water partition coefficient (Wildman–Crippen LogP) is 3.15. The highest BCUT2D eigenvalue weighted by molar-refractivity contribution is 5.76. The molecule has 0 aliphatic carbocycles. The molecule has 5 rings (SSSR count). The van der Waals surface area contributed by atoms with Gasteiger partial charge in [0, 0.05) is 69.1 Å². The molecule has 1 amide bonds. The summed E-state index contributed by atoms with van der Waals surface area (Å²) in [5.41, 5.74) is 5.17. The largest absolute Gasteiger partial charge is 0.442 e. The van der Waals surface area contributed by atoms with Gasteiger partial charge in [-0.2, -0.15) is 10.2 Å². The third kappa shape index (κ3) is 3.89. The van der Waals surface area contributed by atoms with Crippen molar-refractivity contribution < 1.29 is 9.53 Å². The first-order chi connectivity index (χ1) is 15.6. The van der Waals surface area contributed by atoms with E-state index in [1.165, 1.54) is 0 Å². The van der Waals surface area contributed by atoms with Gasteiger partial charge < -0.3 is 14.5 Å². The number of aromatic nitrogens is 5. The molecule has 164 valence electrons. The number of fused-ring (bicyclic) bond motifs is 1. The number of carbonyl (C=O) groups is 1. The predicted molar refractivity (Wildman–Crippen MR) is 120 cm³/mol. The highest BCUT2D eigenvalue weighted by Gasteiger charge is 2.25. The number of pyridine rings is 2. The number of hydrogen-bond acceptors (Lipinski definition) is 6. The van der Waals surface area contributed by atoms with Crippen LogP contribution in [0.15, 0.2) is 61.4 Å². The molecule has 0 unspecified atom stereocenters. The first kappa shape index (κ1) is 20.0. The van der Waals surface area contributed by atoms with Crippen LogP contribution in [0.25, 0.3) is 16.6 Å². The molecule has 9 heteroatoms. The molecular formula is C23H25N7O2. The van der Waals surface area contributed by atoms with Crippen molar-refractivity contribution in [3.63, 3.8) is 0 Å². The molecule has 9 nitrogen and oxygen atoms in total. The van der Waals surface area contributed by atoms with Crippen LogP contribution in [0, 0.1) is 0 Å². The summed E-state index contributed by atoms with van der Waals surface area (Å²) in [5, 5.41) is 8.79. The van der Waals surface area contributed by atoms with Gasteiger partial charge in [0.1, 0.15) is 6.10 Å². The number of rotatable bonds is 4. The Kier molecular flexibility index (Phi) is 5.22. The number of amides is 1. The molecule has 1 aliphatic rings. The molecule has 1 aliphatic heterocycles. The quantitative estimate of drug-likeness (QED) is 0.494. The Bertz CT molecular complexity index is 1230. The fourth-order valence-corrected chi connectivity index (χ4v) is 4.01. The zero-order chi connectivity index (χ0) is 22.1. The van der Waals surface area contributed by atoms with Crippen molar-refractivity contribution in [2.75, 3.05) is 31.1 Å². The Morgan fingerprint density at radius 2 is 1.75 bits per heavy atom. The first-order valence-corrected chi connectivity index (χ1v) is 10.7. The summed E-state index contributed by atoms with van der Waals surface area (Å²) < 4.78 is 9.33. The minimum atomic E-state index is -0.308. The monoisotopic (exact) mass is 431 g/mol. The van der Waals surface area contributed by atoms with E-state index < -0.39 is 0 Å². The average Bonchev–Trinajstić information content (AvgIpc) is 3.45. The number of carbonyl (C=O) groups excluding carboxylic acids is 1. The number of piperazine rings is 1. The van der Waals surface area contributed by atoms with Crippen LogP contribution in [0.5, 0.6) is 0 Å². The SMILES string of the molecule is C[C@@H](OC(=O)N1CCN(c2cnn3cc(-c4cnn(C)c4)ccc23)CC1)c1ccncc1. The van der Waals surface area contributed by atoms with Gasteiger partial charge in [-0.15, -0.1) is 0 Å². The van der Waals surface area contributed by atoms with Gasteiger partial charge in [0.05, 0.1) is 23.6 Å². The van der Waals surface area contributed by atoms with Gasteiger partial charge in [0.2, 0.25) is 0 Å². The van der Waals surface area contributed by atoms with E-state index in [-0.39, 0.29) is 12.2 Å². The lowest BCUT2D eigenvalue weighted by atomic mass is 10.1. The van der Waals surface area contributed by atoms with Crippen LogP contribution < -0.4 is 4.90 Å². The number of nitrogens with zero attached hydrogens (tertiary/aromatic N) is 7. The Morgan fingerprint density at radius 1 is 0.969 bits per heavy atom. The maximum atomic E-state index is 12.6. The second kappa shape index (κ2) is 8.33. The fraction of sp³-hybridized carbons (Fsp3) is 0.304. The first-order valence-electron chi connectivity index (χ1n) is 10.7. The second-order valence-electron chi connectivity index (χ2n) is 7.96. The number of ether oxygens (including phenoxy) is 1. The molecule has 0 saturated carbocycles. The summed E-state index contributed by atoms with van der Waals surface area (Å²) in [4.78, 5) is 20.6. The van der Waals surface area contributed by atoms with Gasteiger partial charge in [-0.25, -0.2) is 9.31 Å². The van der Waals surface area contributed by atoms with Crippen LogP contribution in [0.2, 0.25) is 0 Å². The molecule has 4 aromatic rings. The Hall–Kier alpha value is -3.88. The molecule has 0 bridgehead atoms. The standard InChI is InChI=1S/C23H25N7O2/c1-17(18-5-7-24-8-6-18)32-23(31)29-11-9-28(10-12-29)22-14-26-30-16-19(3-4-21(22)30)20-13-25-27(2)15-20/h3-8,13-17H,9-12H2,1-2H3/t17-/m1/s1. The number of aryl methyl sites for hydroxylation is 1. The average molecular weight is 432 g/mol. The molecule has 32 heavy (non-hydrogen) atoms. The van der Waals surface area contributed by atoms with Crippen molar-refractivity contribution in [3.8, 4) is 11.1 Å². The van der Waals surface area contributed by atoms with Crippen LogP contribution in [0.4, 0.5) is 10.5 Å². The minimum Gasteiger partial charge on any atom is -0.442 e. The molecule has 5 heterocycles. The third-order valence-corrected chi connectivity index (χ3v) is 5.87. The van der Waals surface area contributed by atoms with Crippen LogP contribution in [-0.4, -0.2) is 61.6 Å². The Balaban J connectivity index is 1.23. The molecule has 4 aromatic heterocycles. The fourth-order valence-electron chi connectivity index (χ4n) is 4.01. The Morgan fingerprint density at radius 3 is 2.47 bits per heavy atom. The van der Waals surface area contributed by atoms with E-state index in [0.717, 1.165) is 41.0 Å². The lowest BCUT2D eigenvalue weighted by Crippen LogP contribution is -2.49. The molecule has 1 fully saturated rings. The zero-order valence-electron chi connectivity index (χ0n) is 18.1. The van der Waals surface area contributed by atoms with E-state index in [2.05, 4.69) is 32.2 Å². The summed E-state index contributed by atoms with van der Waals surface area (Å²) in [6, 6.07) is 7.90. The molecule has 0 spiro atoms. The minimum absolute atomic E-state index is 0.282. The van der Waals surface area contributed by atoms with Gasteiger partial charge in [0.15, 0.2) is 0 Å². The third-order valence-electron chi connectivity index (χ3n) is 5.87. The number of anilines is 1. The highest BCUT2D eigenvalue weighted by atomic mass is 16.6. The molecular weight excluding hydrogens is 406 g/mol. The Labute approximate surface area is 185 Å². The van der Waals surface area contributed by atoms with E-state index >= 15 is 0 Å². The number of hydrogen-bond donors (Lipinski definition) is 0. The van der Waals surface area contributed by atoms with Crippen molar-refractivity contribution in [2.24, 2.45) is 7.05 Å². The van der Waals surface area contributed by atoms with Crippen molar-refractivity contribution >= 4 is 17.3 Å². The van der Waals surface area contributed by atoms with Crippen molar-refractivity contribution in [2.45, 2.75) is 13.0 Å². The van der Waals surface area contributed by atoms with Gasteiger partial charge in [-0.3, -0.25) is 9.67 Å². The maximum absolute atomic E-state index is 12.6. The summed E-state index contributed by atoms with van der Waals surface area (Å²) in [6.07, 6.45) is 10.6. The smallest absolute Gasteiger partial charge is 0.410 e. The van der Waals surface area contributed by atoms with Crippen LogP contribution in [0.3, 0.4) is 0 Å². The lowest BCUT2D eigenvalue weighted by Gasteiger charge is -2.35. The van der Waals surface area contributed by atoms with Crippen molar-refractivity contribution in [1.29, 1.82) is 0 Å². The van der Waals surface area contributed by atoms with E-state index in [0.29, 0.717) is 13.1 Å². The topological polar surface area (TPSA) is 80.8 Å². The van der Waals surface area contributed by atoms with Gasteiger partial charge >= 0.3 is 6.09 Å². The second-order valence-corrected chi connectivity index (χ2v) is 7.96. The molecule has 0 aromatic carbocycles. The lowest BCUT2D eigenvalue weighted by molar-refractivity contribution is 0.0680. The van der Waals surface area contributed by atoms with E-state index in [9.17, 15) is 4.79 Å². The zero-order valence-corrected chi connectivity index (χ0v) is 18.1. The van der Waals surface area contributed by atoms with Gasteiger partial charge in [0.25, 0.3) is 0 Å². The van der Waals surface area contributed by atoms with E-state index in [1.807, 2.05) is 55.4 Å². The van der Waals surface area contributed by atoms with Gasteiger partial charge in [-0.1, -0.05) is 6.07 Å².